The Morgan fingerprint density at radius 1 is 1.00 bits per heavy atom. The number of amides is 2. The van der Waals surface area contributed by atoms with Crippen LogP contribution in [-0.2, 0) is 26.2 Å². The number of anilines is 1. The van der Waals surface area contributed by atoms with Gasteiger partial charge in [-0.25, -0.2) is 12.8 Å². The molecule has 38 heavy (non-hydrogen) atoms. The monoisotopic (exact) mass is 545 g/mol. The minimum absolute atomic E-state index is 0.0552. The van der Waals surface area contributed by atoms with E-state index in [9.17, 15) is 22.4 Å². The second kappa shape index (κ2) is 13.2. The highest BCUT2D eigenvalue weighted by Gasteiger charge is 2.32. The topological polar surface area (TPSA) is 86.8 Å². The molecule has 1 unspecified atom stereocenters. The van der Waals surface area contributed by atoms with Crippen LogP contribution < -0.4 is 9.62 Å². The molecule has 1 fully saturated rings. The maximum absolute atomic E-state index is 13.8. The summed E-state index contributed by atoms with van der Waals surface area (Å²) in [6, 6.07) is 12.1. The van der Waals surface area contributed by atoms with Crippen molar-refractivity contribution in [2.75, 3.05) is 17.1 Å². The normalized spacial score (nSPS) is 15.2. The third-order valence-corrected chi connectivity index (χ3v) is 8.27. The molecule has 0 heterocycles. The Labute approximate surface area is 226 Å². The molecule has 208 valence electrons. The first-order chi connectivity index (χ1) is 18.0. The fourth-order valence-corrected chi connectivity index (χ4v) is 5.74. The summed E-state index contributed by atoms with van der Waals surface area (Å²) in [5.74, 6) is -0.876. The van der Waals surface area contributed by atoms with E-state index in [1.54, 1.807) is 24.3 Å². The first kappa shape index (κ1) is 29.6. The Kier molecular flexibility index (Phi) is 10.3. The smallest absolute Gasteiger partial charge is 0.244 e. The lowest BCUT2D eigenvalue weighted by molar-refractivity contribution is -0.140. The molecule has 0 aliphatic heterocycles. The lowest BCUT2D eigenvalue weighted by Crippen LogP contribution is -2.53. The lowest BCUT2D eigenvalue weighted by atomic mass is 9.95. The lowest BCUT2D eigenvalue weighted by Gasteiger charge is -2.34. The van der Waals surface area contributed by atoms with Crippen molar-refractivity contribution < 1.29 is 22.4 Å². The van der Waals surface area contributed by atoms with Crippen LogP contribution in [0.15, 0.2) is 48.5 Å². The number of sulfonamides is 1. The highest BCUT2D eigenvalue weighted by atomic mass is 32.2. The van der Waals surface area contributed by atoms with Gasteiger partial charge in [-0.15, -0.1) is 0 Å². The quantitative estimate of drug-likeness (QED) is 0.432. The van der Waals surface area contributed by atoms with Crippen LogP contribution in [0.2, 0.25) is 0 Å². The molecule has 1 saturated carbocycles. The van der Waals surface area contributed by atoms with Crippen molar-refractivity contribution in [3.8, 4) is 0 Å². The van der Waals surface area contributed by atoms with Crippen LogP contribution in [0.25, 0.3) is 0 Å². The van der Waals surface area contributed by atoms with E-state index in [0.29, 0.717) is 17.7 Å². The number of rotatable bonds is 11. The van der Waals surface area contributed by atoms with Crippen LogP contribution in [0.1, 0.15) is 76.3 Å². The number of hydrogen-bond acceptors (Lipinski definition) is 4. The molecule has 9 heteroatoms. The van der Waals surface area contributed by atoms with Crippen LogP contribution >= 0.6 is 0 Å². The zero-order valence-electron chi connectivity index (χ0n) is 22.8. The zero-order valence-corrected chi connectivity index (χ0v) is 23.6. The van der Waals surface area contributed by atoms with Crippen molar-refractivity contribution in [3.05, 3.63) is 65.5 Å². The van der Waals surface area contributed by atoms with Gasteiger partial charge in [0.05, 0.1) is 11.9 Å². The largest absolute Gasteiger partial charge is 0.352 e. The van der Waals surface area contributed by atoms with Crippen molar-refractivity contribution in [1.29, 1.82) is 0 Å². The molecule has 0 bridgehead atoms. The van der Waals surface area contributed by atoms with Gasteiger partial charge in [0.2, 0.25) is 21.8 Å². The Morgan fingerprint density at radius 2 is 1.61 bits per heavy atom. The average Bonchev–Trinajstić information content (AvgIpc) is 2.88. The number of carbonyl (C=O) groups is 2. The van der Waals surface area contributed by atoms with E-state index >= 15 is 0 Å². The molecular formula is C29H40FN3O4S. The summed E-state index contributed by atoms with van der Waals surface area (Å²) < 4.78 is 40.2. The number of benzene rings is 2. The van der Waals surface area contributed by atoms with Crippen molar-refractivity contribution in [2.45, 2.75) is 83.8 Å². The fraction of sp³-hybridized carbons (Fsp3) is 0.517. The molecule has 1 aliphatic rings. The Hall–Kier alpha value is -2.94. The molecule has 2 aromatic rings. The van der Waals surface area contributed by atoms with Crippen molar-refractivity contribution >= 4 is 27.5 Å². The molecule has 1 aliphatic carbocycles. The van der Waals surface area contributed by atoms with Crippen LogP contribution in [0.4, 0.5) is 10.1 Å². The Bertz CT molecular complexity index is 1180. The summed E-state index contributed by atoms with van der Waals surface area (Å²) in [5, 5.41) is 3.11. The zero-order chi connectivity index (χ0) is 27.9. The van der Waals surface area contributed by atoms with Gasteiger partial charge in [0.1, 0.15) is 18.4 Å². The van der Waals surface area contributed by atoms with E-state index in [-0.39, 0.29) is 24.4 Å². The Balaban J connectivity index is 1.90. The van der Waals surface area contributed by atoms with Gasteiger partial charge in [-0.2, -0.15) is 0 Å². The second-order valence-electron chi connectivity index (χ2n) is 10.4. The molecule has 7 nitrogen and oxygen atoms in total. The fourth-order valence-electron chi connectivity index (χ4n) is 4.89. The van der Waals surface area contributed by atoms with Crippen molar-refractivity contribution in [1.82, 2.24) is 10.2 Å². The van der Waals surface area contributed by atoms with Crippen LogP contribution in [0.3, 0.4) is 0 Å². The van der Waals surface area contributed by atoms with Gasteiger partial charge in [0.15, 0.2) is 0 Å². The van der Waals surface area contributed by atoms with E-state index in [2.05, 4.69) is 5.32 Å². The first-order valence-electron chi connectivity index (χ1n) is 13.4. The van der Waals surface area contributed by atoms with Crippen LogP contribution in [0.5, 0.6) is 0 Å². The minimum Gasteiger partial charge on any atom is -0.352 e. The summed E-state index contributed by atoms with van der Waals surface area (Å²) in [6.07, 6.45) is 6.49. The number of nitrogens with zero attached hydrogens (tertiary/aromatic N) is 2. The molecule has 0 aromatic heterocycles. The molecular weight excluding hydrogens is 505 g/mol. The van der Waals surface area contributed by atoms with Gasteiger partial charge in [0.25, 0.3) is 0 Å². The Morgan fingerprint density at radius 3 is 2.13 bits per heavy atom. The van der Waals surface area contributed by atoms with Crippen molar-refractivity contribution in [3.63, 3.8) is 0 Å². The standard InChI is InChI=1S/C29H40FN3O4S/c1-5-27(29(35)31-25-9-7-6-8-10-25)32(19-22-11-15-24(30)16-12-22)28(34)20-33(38(4,36)37)26-17-13-23(14-18-26)21(2)3/h11-18,21,25,27H,5-10,19-20H2,1-4H3,(H,31,35). The van der Waals surface area contributed by atoms with Gasteiger partial charge < -0.3 is 10.2 Å². The van der Waals surface area contributed by atoms with Gasteiger partial charge >= 0.3 is 0 Å². The van der Waals surface area contributed by atoms with Gasteiger partial charge in [-0.05, 0) is 60.6 Å². The maximum Gasteiger partial charge on any atom is 0.244 e. The van der Waals surface area contributed by atoms with E-state index in [1.807, 2.05) is 32.9 Å². The third kappa shape index (κ3) is 8.03. The number of halogens is 1. The van der Waals surface area contributed by atoms with Gasteiger partial charge in [-0.3, -0.25) is 13.9 Å². The summed E-state index contributed by atoms with van der Waals surface area (Å²) in [4.78, 5) is 28.6. The summed E-state index contributed by atoms with van der Waals surface area (Å²) >= 11 is 0. The molecule has 0 spiro atoms. The van der Waals surface area contributed by atoms with Crippen molar-refractivity contribution in [2.24, 2.45) is 0 Å². The highest BCUT2D eigenvalue weighted by Crippen LogP contribution is 2.24. The van der Waals surface area contributed by atoms with Gasteiger partial charge in [0, 0.05) is 12.6 Å². The average molecular weight is 546 g/mol. The summed E-state index contributed by atoms with van der Waals surface area (Å²) in [7, 11) is -3.80. The minimum atomic E-state index is -3.80. The SMILES string of the molecule is CCC(C(=O)NC1CCCCC1)N(Cc1ccc(F)cc1)C(=O)CN(c1ccc(C(C)C)cc1)S(C)(=O)=O. The van der Waals surface area contributed by atoms with E-state index < -0.39 is 34.3 Å². The highest BCUT2D eigenvalue weighted by molar-refractivity contribution is 7.92. The molecule has 3 rings (SSSR count). The van der Waals surface area contributed by atoms with Gasteiger partial charge in [-0.1, -0.05) is 64.3 Å². The number of carbonyl (C=O) groups excluding carboxylic acids is 2. The second-order valence-corrected chi connectivity index (χ2v) is 12.3. The number of hydrogen-bond donors (Lipinski definition) is 1. The van der Waals surface area contributed by atoms with Crippen LogP contribution in [0, 0.1) is 5.82 Å². The van der Waals surface area contributed by atoms with E-state index in [0.717, 1.165) is 48.2 Å². The molecule has 0 radical (unpaired) electrons. The molecule has 2 aromatic carbocycles. The molecule has 1 N–H and O–H groups in total. The number of nitrogens with one attached hydrogen (secondary N) is 1. The summed E-state index contributed by atoms with van der Waals surface area (Å²) in [6.45, 7) is 5.52. The van der Waals surface area contributed by atoms with Crippen LogP contribution in [-0.4, -0.2) is 50.0 Å². The predicted molar refractivity (Wildman–Crippen MR) is 149 cm³/mol. The maximum atomic E-state index is 13.8. The van der Waals surface area contributed by atoms with E-state index in [1.165, 1.54) is 17.0 Å². The first-order valence-corrected chi connectivity index (χ1v) is 15.3. The molecule has 2 amide bonds. The summed E-state index contributed by atoms with van der Waals surface area (Å²) in [5.41, 5.74) is 2.08. The molecule has 1 atom stereocenters. The van der Waals surface area contributed by atoms with E-state index in [4.69, 9.17) is 0 Å². The molecule has 0 saturated heterocycles. The third-order valence-electron chi connectivity index (χ3n) is 7.13. The predicted octanol–water partition coefficient (Wildman–Crippen LogP) is 4.97.